The molecule has 2 aromatic carbocycles. The van der Waals surface area contributed by atoms with Crippen LogP contribution in [0.15, 0.2) is 72.9 Å². The topological polar surface area (TPSA) is 54.0 Å². The van der Waals surface area contributed by atoms with Gasteiger partial charge >= 0.3 is 0 Å². The molecule has 0 saturated carbocycles. The summed E-state index contributed by atoms with van der Waals surface area (Å²) in [6, 6.07) is 21.3. The van der Waals surface area contributed by atoms with Gasteiger partial charge < -0.3 is 10.6 Å². The molecular formula is C21H20ClN3O. The van der Waals surface area contributed by atoms with Crippen LogP contribution in [0.2, 0.25) is 5.02 Å². The predicted octanol–water partition coefficient (Wildman–Crippen LogP) is 4.92. The summed E-state index contributed by atoms with van der Waals surface area (Å²) in [4.78, 5) is 16.4. The quantitative estimate of drug-likeness (QED) is 0.625. The van der Waals surface area contributed by atoms with Gasteiger partial charge in [0.1, 0.15) is 5.82 Å². The van der Waals surface area contributed by atoms with E-state index in [1.165, 1.54) is 0 Å². The zero-order chi connectivity index (χ0) is 18.2. The fraction of sp³-hybridized carbons (Fsp3) is 0.143. The van der Waals surface area contributed by atoms with Crippen LogP contribution < -0.4 is 10.6 Å². The lowest BCUT2D eigenvalue weighted by molar-refractivity contribution is -0.116. The fourth-order valence-electron chi connectivity index (χ4n) is 2.49. The van der Waals surface area contributed by atoms with Crippen molar-refractivity contribution in [1.29, 1.82) is 0 Å². The van der Waals surface area contributed by atoms with Gasteiger partial charge in [-0.05, 0) is 41.8 Å². The Labute approximate surface area is 158 Å². The number of anilines is 2. The second-order valence-electron chi connectivity index (χ2n) is 5.95. The van der Waals surface area contributed by atoms with Crippen molar-refractivity contribution in [2.75, 3.05) is 10.6 Å². The van der Waals surface area contributed by atoms with E-state index in [4.69, 9.17) is 11.6 Å². The Balaban J connectivity index is 1.46. The van der Waals surface area contributed by atoms with Crippen LogP contribution >= 0.6 is 11.6 Å². The van der Waals surface area contributed by atoms with Crippen molar-refractivity contribution in [3.8, 4) is 0 Å². The molecule has 4 nitrogen and oxygen atoms in total. The Kier molecular flexibility index (Phi) is 6.23. The van der Waals surface area contributed by atoms with Crippen LogP contribution in [0, 0.1) is 0 Å². The fourth-order valence-corrected chi connectivity index (χ4v) is 2.62. The average Bonchev–Trinajstić information content (AvgIpc) is 2.68. The van der Waals surface area contributed by atoms with Crippen molar-refractivity contribution >= 4 is 29.0 Å². The van der Waals surface area contributed by atoms with Crippen molar-refractivity contribution in [3.05, 3.63) is 89.1 Å². The summed E-state index contributed by atoms with van der Waals surface area (Å²) in [5.74, 6) is 0.736. The van der Waals surface area contributed by atoms with E-state index in [0.29, 0.717) is 18.7 Å². The molecule has 0 unspecified atom stereocenters. The van der Waals surface area contributed by atoms with Crippen LogP contribution in [-0.2, 0) is 17.8 Å². The number of amides is 1. The normalized spacial score (nSPS) is 10.3. The third-order valence-electron chi connectivity index (χ3n) is 3.92. The molecule has 3 aromatic rings. The summed E-state index contributed by atoms with van der Waals surface area (Å²) in [5, 5.41) is 6.84. The molecule has 3 rings (SSSR count). The highest BCUT2D eigenvalue weighted by Crippen LogP contribution is 2.13. The summed E-state index contributed by atoms with van der Waals surface area (Å²) in [5.41, 5.74) is 2.97. The highest BCUT2D eigenvalue weighted by Gasteiger charge is 2.04. The van der Waals surface area contributed by atoms with Crippen LogP contribution in [0.25, 0.3) is 0 Å². The van der Waals surface area contributed by atoms with Crippen LogP contribution in [0.4, 0.5) is 11.5 Å². The van der Waals surface area contributed by atoms with Crippen LogP contribution in [-0.4, -0.2) is 10.9 Å². The van der Waals surface area contributed by atoms with E-state index in [-0.39, 0.29) is 5.91 Å². The Morgan fingerprint density at radius 2 is 1.69 bits per heavy atom. The maximum atomic E-state index is 12.0. The van der Waals surface area contributed by atoms with E-state index >= 15 is 0 Å². The Hall–Kier alpha value is -2.85. The zero-order valence-corrected chi connectivity index (χ0v) is 15.0. The largest absolute Gasteiger partial charge is 0.366 e. The number of nitrogens with one attached hydrogen (secondary N) is 2. The molecule has 1 amide bonds. The van der Waals surface area contributed by atoms with Gasteiger partial charge in [-0.15, -0.1) is 0 Å². The number of benzene rings is 2. The van der Waals surface area contributed by atoms with Crippen molar-refractivity contribution in [3.63, 3.8) is 0 Å². The summed E-state index contributed by atoms with van der Waals surface area (Å²) in [6.07, 6.45) is 2.83. The third kappa shape index (κ3) is 5.60. The molecule has 0 spiro atoms. The van der Waals surface area contributed by atoms with E-state index in [1.807, 2.05) is 66.7 Å². The second-order valence-corrected chi connectivity index (χ2v) is 6.38. The molecule has 1 aromatic heterocycles. The highest BCUT2D eigenvalue weighted by atomic mass is 35.5. The molecule has 0 bridgehead atoms. The van der Waals surface area contributed by atoms with Crippen LogP contribution in [0.5, 0.6) is 0 Å². The molecule has 0 aliphatic rings. The standard InChI is InChI=1S/C21H20ClN3O/c22-18-9-6-17(7-10-18)14-23-20-12-11-19(15-24-20)25-21(26)13-8-16-4-2-1-3-5-16/h1-7,9-12,15H,8,13-14H2,(H,23,24)(H,25,26). The third-order valence-corrected chi connectivity index (χ3v) is 4.17. The number of halogens is 1. The van der Waals surface area contributed by atoms with Gasteiger partial charge in [-0.1, -0.05) is 54.1 Å². The van der Waals surface area contributed by atoms with Gasteiger partial charge in [0.15, 0.2) is 0 Å². The van der Waals surface area contributed by atoms with Crippen molar-refractivity contribution in [2.45, 2.75) is 19.4 Å². The Bertz CT molecular complexity index is 833. The smallest absolute Gasteiger partial charge is 0.224 e. The second kappa shape index (κ2) is 9.02. The summed E-state index contributed by atoms with van der Waals surface area (Å²) < 4.78 is 0. The van der Waals surface area contributed by atoms with Crippen LogP contribution in [0.1, 0.15) is 17.5 Å². The molecule has 0 saturated heterocycles. The minimum absolute atomic E-state index is 0.0162. The number of carbonyl (C=O) groups is 1. The molecule has 132 valence electrons. The number of aromatic nitrogens is 1. The number of rotatable bonds is 7. The average molecular weight is 366 g/mol. The summed E-state index contributed by atoms with van der Waals surface area (Å²) in [7, 11) is 0. The first-order valence-electron chi connectivity index (χ1n) is 8.47. The molecule has 0 aliphatic heterocycles. The lowest BCUT2D eigenvalue weighted by atomic mass is 10.1. The number of hydrogen-bond donors (Lipinski definition) is 2. The number of nitrogens with zero attached hydrogens (tertiary/aromatic N) is 1. The first-order chi connectivity index (χ1) is 12.7. The van der Waals surface area contributed by atoms with E-state index in [0.717, 1.165) is 28.4 Å². The van der Waals surface area contributed by atoms with E-state index < -0.39 is 0 Å². The number of hydrogen-bond acceptors (Lipinski definition) is 3. The molecule has 0 radical (unpaired) electrons. The molecule has 26 heavy (non-hydrogen) atoms. The van der Waals surface area contributed by atoms with Crippen molar-refractivity contribution in [2.24, 2.45) is 0 Å². The van der Waals surface area contributed by atoms with Gasteiger partial charge in [0, 0.05) is 18.0 Å². The molecule has 5 heteroatoms. The van der Waals surface area contributed by atoms with Gasteiger partial charge in [0.25, 0.3) is 0 Å². The molecule has 0 fully saturated rings. The van der Waals surface area contributed by atoms with Gasteiger partial charge in [-0.3, -0.25) is 4.79 Å². The van der Waals surface area contributed by atoms with Gasteiger partial charge in [0.2, 0.25) is 5.91 Å². The highest BCUT2D eigenvalue weighted by molar-refractivity contribution is 6.30. The number of aryl methyl sites for hydroxylation is 1. The molecule has 0 aliphatic carbocycles. The molecule has 1 heterocycles. The molecule has 0 atom stereocenters. The maximum absolute atomic E-state index is 12.0. The lowest BCUT2D eigenvalue weighted by Crippen LogP contribution is -2.12. The van der Waals surface area contributed by atoms with E-state index in [2.05, 4.69) is 15.6 Å². The predicted molar refractivity (Wildman–Crippen MR) is 106 cm³/mol. The van der Waals surface area contributed by atoms with Crippen molar-refractivity contribution in [1.82, 2.24) is 4.98 Å². The SMILES string of the molecule is O=C(CCc1ccccc1)Nc1ccc(NCc2ccc(Cl)cc2)nc1. The van der Waals surface area contributed by atoms with Crippen molar-refractivity contribution < 1.29 is 4.79 Å². The molecular weight excluding hydrogens is 346 g/mol. The zero-order valence-electron chi connectivity index (χ0n) is 14.3. The Morgan fingerprint density at radius 1 is 0.923 bits per heavy atom. The Morgan fingerprint density at radius 3 is 2.38 bits per heavy atom. The van der Waals surface area contributed by atoms with Gasteiger partial charge in [-0.2, -0.15) is 0 Å². The first-order valence-corrected chi connectivity index (χ1v) is 8.85. The molecule has 2 N–H and O–H groups in total. The minimum atomic E-state index is -0.0162. The van der Waals surface area contributed by atoms with Crippen LogP contribution in [0.3, 0.4) is 0 Å². The van der Waals surface area contributed by atoms with E-state index in [1.54, 1.807) is 6.20 Å². The summed E-state index contributed by atoms with van der Waals surface area (Å²) in [6.45, 7) is 0.660. The number of pyridine rings is 1. The lowest BCUT2D eigenvalue weighted by Gasteiger charge is -2.08. The number of carbonyl (C=O) groups excluding carboxylic acids is 1. The van der Waals surface area contributed by atoms with E-state index in [9.17, 15) is 4.79 Å². The van der Waals surface area contributed by atoms with Gasteiger partial charge in [-0.25, -0.2) is 4.98 Å². The minimum Gasteiger partial charge on any atom is -0.366 e. The maximum Gasteiger partial charge on any atom is 0.224 e. The summed E-state index contributed by atoms with van der Waals surface area (Å²) >= 11 is 5.88. The monoisotopic (exact) mass is 365 g/mol. The first kappa shape index (κ1) is 18.0. The van der Waals surface area contributed by atoms with Gasteiger partial charge in [0.05, 0.1) is 11.9 Å².